The van der Waals surface area contributed by atoms with E-state index in [9.17, 15) is 9.18 Å². The number of amides is 1. The molecule has 0 bridgehead atoms. The van der Waals surface area contributed by atoms with E-state index in [-0.39, 0.29) is 23.6 Å². The highest BCUT2D eigenvalue weighted by molar-refractivity contribution is 6.19. The van der Waals surface area contributed by atoms with Gasteiger partial charge in [-0.3, -0.25) is 0 Å². The molecule has 3 nitrogen and oxygen atoms in total. The highest BCUT2D eigenvalue weighted by atomic mass is 35.5. The summed E-state index contributed by atoms with van der Waals surface area (Å²) in [5, 5.41) is 2.57. The Bertz CT molecular complexity index is 223. The number of ether oxygens (including phenoxy) is 1. The number of hydrogen-bond acceptors (Lipinski definition) is 2. The number of alkyl halides is 1. The van der Waals surface area contributed by atoms with Gasteiger partial charge in [0.2, 0.25) is 0 Å². The number of rotatable bonds is 3. The Labute approximate surface area is 88.3 Å². The molecule has 0 heterocycles. The molecule has 0 aromatic carbocycles. The first-order chi connectivity index (χ1) is 6.39. The lowest BCUT2D eigenvalue weighted by atomic mass is 10.1. The third-order valence-corrected chi connectivity index (χ3v) is 1.53. The molecule has 0 aromatic heterocycles. The van der Waals surface area contributed by atoms with Crippen LogP contribution in [0.4, 0.5) is 9.18 Å². The van der Waals surface area contributed by atoms with Crippen LogP contribution in [0.15, 0.2) is 11.9 Å². The first kappa shape index (κ1) is 13.2. The molecule has 0 rings (SSSR count). The van der Waals surface area contributed by atoms with Gasteiger partial charge in [0, 0.05) is 17.0 Å². The summed E-state index contributed by atoms with van der Waals surface area (Å²) in [6.07, 6.45) is -0.237. The maximum Gasteiger partial charge on any atom is 0.407 e. The lowest BCUT2D eigenvalue weighted by Crippen LogP contribution is -2.41. The molecule has 1 amide bonds. The van der Waals surface area contributed by atoms with Gasteiger partial charge in [0.25, 0.3) is 0 Å². The topological polar surface area (TPSA) is 38.3 Å². The van der Waals surface area contributed by atoms with Gasteiger partial charge in [0.05, 0.1) is 6.33 Å². The van der Waals surface area contributed by atoms with Crippen LogP contribution < -0.4 is 5.32 Å². The summed E-state index contributed by atoms with van der Waals surface area (Å²) in [5.41, 5.74) is -0.131. The second kappa shape index (κ2) is 5.86. The van der Waals surface area contributed by atoms with Gasteiger partial charge in [-0.2, -0.15) is 0 Å². The van der Waals surface area contributed by atoms with Crippen LogP contribution in [-0.2, 0) is 4.74 Å². The Morgan fingerprint density at radius 3 is 2.50 bits per heavy atom. The van der Waals surface area contributed by atoms with Crippen LogP contribution in [0.2, 0.25) is 0 Å². The number of alkyl carbamates (subject to hydrolysis) is 1. The Balaban J connectivity index is 3.86. The van der Waals surface area contributed by atoms with Gasteiger partial charge in [-0.05, 0) is 20.8 Å². The second-order valence-electron chi connectivity index (χ2n) is 3.85. The molecule has 0 radical (unpaired) electrons. The second-order valence-corrected chi connectivity index (χ2v) is 4.12. The van der Waals surface area contributed by atoms with E-state index >= 15 is 0 Å². The van der Waals surface area contributed by atoms with Crippen LogP contribution in [0.25, 0.3) is 0 Å². The van der Waals surface area contributed by atoms with Gasteiger partial charge in [0.1, 0.15) is 6.61 Å². The number of carbonyl (C=O) groups is 1. The van der Waals surface area contributed by atoms with Crippen molar-refractivity contribution >= 4 is 17.7 Å². The Morgan fingerprint density at radius 2 is 2.14 bits per heavy atom. The van der Waals surface area contributed by atoms with Gasteiger partial charge in [-0.25, -0.2) is 9.18 Å². The van der Waals surface area contributed by atoms with Crippen molar-refractivity contribution in [3.8, 4) is 0 Å². The fourth-order valence-electron chi connectivity index (χ4n) is 0.600. The molecule has 0 atom stereocenters. The summed E-state index contributed by atoms with van der Waals surface area (Å²) in [7, 11) is 0. The molecule has 0 saturated heterocycles. The molecular weight excluding hydrogens is 209 g/mol. The van der Waals surface area contributed by atoms with Crippen LogP contribution in [-0.4, -0.2) is 24.1 Å². The van der Waals surface area contributed by atoms with Crippen molar-refractivity contribution in [3.05, 3.63) is 11.9 Å². The van der Waals surface area contributed by atoms with Gasteiger partial charge in [-0.15, -0.1) is 11.6 Å². The van der Waals surface area contributed by atoms with Gasteiger partial charge < -0.3 is 10.1 Å². The predicted octanol–water partition coefficient (Wildman–Crippen LogP) is 2.60. The quantitative estimate of drug-likeness (QED) is 0.747. The van der Waals surface area contributed by atoms with E-state index < -0.39 is 6.09 Å². The highest BCUT2D eigenvalue weighted by Gasteiger charge is 2.14. The van der Waals surface area contributed by atoms with Gasteiger partial charge >= 0.3 is 6.09 Å². The van der Waals surface area contributed by atoms with Crippen molar-refractivity contribution in [3.63, 3.8) is 0 Å². The van der Waals surface area contributed by atoms with Crippen molar-refractivity contribution in [2.75, 3.05) is 12.5 Å². The molecule has 0 saturated carbocycles. The highest BCUT2D eigenvalue weighted by Crippen LogP contribution is 2.02. The number of halogens is 2. The molecule has 0 aliphatic heterocycles. The molecule has 82 valence electrons. The monoisotopic (exact) mass is 223 g/mol. The van der Waals surface area contributed by atoms with E-state index in [1.807, 2.05) is 20.8 Å². The predicted molar refractivity (Wildman–Crippen MR) is 54.1 cm³/mol. The molecule has 0 aromatic rings. The smallest absolute Gasteiger partial charge is 0.407 e. The van der Waals surface area contributed by atoms with Crippen molar-refractivity contribution in [2.24, 2.45) is 0 Å². The van der Waals surface area contributed by atoms with Crippen LogP contribution in [0.5, 0.6) is 0 Å². The Hall–Kier alpha value is -0.770. The fourth-order valence-corrected chi connectivity index (χ4v) is 0.735. The Kier molecular flexibility index (Phi) is 5.53. The minimum Gasteiger partial charge on any atom is -0.445 e. The van der Waals surface area contributed by atoms with Crippen LogP contribution in [0.1, 0.15) is 20.8 Å². The van der Waals surface area contributed by atoms with Crippen molar-refractivity contribution in [1.29, 1.82) is 0 Å². The average Bonchev–Trinajstić information content (AvgIpc) is 2.03. The molecule has 0 unspecified atom stereocenters. The zero-order valence-electron chi connectivity index (χ0n) is 8.56. The molecule has 0 spiro atoms. The zero-order chi connectivity index (χ0) is 11.2. The third-order valence-electron chi connectivity index (χ3n) is 1.19. The third kappa shape index (κ3) is 6.71. The summed E-state index contributed by atoms with van der Waals surface area (Å²) in [6, 6.07) is 0. The molecule has 0 fully saturated rings. The lowest BCUT2D eigenvalue weighted by Gasteiger charge is -2.19. The SMILES string of the molecule is CC(C)(C)NC(=O)OC/C(=C\F)CCl. The Morgan fingerprint density at radius 1 is 1.57 bits per heavy atom. The molecular formula is C9H15ClFNO2. The van der Waals surface area contributed by atoms with Crippen LogP contribution in [0, 0.1) is 0 Å². The zero-order valence-corrected chi connectivity index (χ0v) is 9.32. The first-order valence-electron chi connectivity index (χ1n) is 4.18. The summed E-state index contributed by atoms with van der Waals surface area (Å²) in [5.74, 6) is 0.0132. The van der Waals surface area contributed by atoms with Gasteiger partial charge in [-0.1, -0.05) is 0 Å². The van der Waals surface area contributed by atoms with Crippen molar-refractivity contribution < 1.29 is 13.9 Å². The number of hydrogen-bond donors (Lipinski definition) is 1. The fraction of sp³-hybridized carbons (Fsp3) is 0.667. The van der Waals surface area contributed by atoms with E-state index in [0.717, 1.165) is 0 Å². The normalized spacial score (nSPS) is 12.5. The molecule has 14 heavy (non-hydrogen) atoms. The standard InChI is InChI=1S/C9H15ClFNO2/c1-9(2,3)12-8(13)14-6-7(4-10)5-11/h5H,4,6H2,1-3H3,(H,12,13)/b7-5-. The lowest BCUT2D eigenvalue weighted by molar-refractivity contribution is 0.146. The first-order valence-corrected chi connectivity index (χ1v) is 4.71. The van der Waals surface area contributed by atoms with E-state index in [2.05, 4.69) is 5.32 Å². The molecule has 1 N–H and O–H groups in total. The average molecular weight is 224 g/mol. The maximum absolute atomic E-state index is 12.0. The number of nitrogens with one attached hydrogen (secondary N) is 1. The van der Waals surface area contributed by atoms with E-state index in [4.69, 9.17) is 16.3 Å². The minimum atomic E-state index is -0.582. The minimum absolute atomic E-state index is 0.0132. The van der Waals surface area contributed by atoms with Crippen LogP contribution >= 0.6 is 11.6 Å². The maximum atomic E-state index is 12.0. The molecule has 0 aliphatic carbocycles. The van der Waals surface area contributed by atoms with Crippen LogP contribution in [0.3, 0.4) is 0 Å². The van der Waals surface area contributed by atoms with E-state index in [1.54, 1.807) is 0 Å². The van der Waals surface area contributed by atoms with Crippen molar-refractivity contribution in [2.45, 2.75) is 26.3 Å². The van der Waals surface area contributed by atoms with Gasteiger partial charge in [0.15, 0.2) is 0 Å². The summed E-state index contributed by atoms with van der Waals surface area (Å²) >= 11 is 5.36. The summed E-state index contributed by atoms with van der Waals surface area (Å²) in [4.78, 5) is 11.1. The number of carbonyl (C=O) groups excluding carboxylic acids is 1. The van der Waals surface area contributed by atoms with E-state index in [0.29, 0.717) is 6.33 Å². The largest absolute Gasteiger partial charge is 0.445 e. The summed E-state index contributed by atoms with van der Waals surface area (Å²) in [6.45, 7) is 5.34. The van der Waals surface area contributed by atoms with E-state index in [1.165, 1.54) is 0 Å². The van der Waals surface area contributed by atoms with Crippen molar-refractivity contribution in [1.82, 2.24) is 5.32 Å². The molecule has 0 aliphatic rings. The summed E-state index contributed by atoms with van der Waals surface area (Å²) < 4.78 is 16.7. The molecule has 5 heteroatoms.